The van der Waals surface area contributed by atoms with Gasteiger partial charge in [-0.1, -0.05) is 12.5 Å². The third-order valence-electron chi connectivity index (χ3n) is 4.03. The van der Waals surface area contributed by atoms with Crippen LogP contribution in [-0.2, 0) is 0 Å². The molecule has 2 aliphatic heterocycles. The Bertz CT molecular complexity index is 394. The molecule has 2 fully saturated rings. The molecule has 0 amide bonds. The maximum atomic E-state index is 13.1. The zero-order valence-corrected chi connectivity index (χ0v) is 10.0. The van der Waals surface area contributed by atoms with Crippen LogP contribution in [0.3, 0.4) is 0 Å². The zero-order valence-electron chi connectivity index (χ0n) is 10.0. The minimum Gasteiger partial charge on any atom is -0.381 e. The summed E-state index contributed by atoms with van der Waals surface area (Å²) in [5, 5.41) is 3.50. The van der Waals surface area contributed by atoms with Gasteiger partial charge in [0.25, 0.3) is 0 Å². The lowest BCUT2D eigenvalue weighted by Crippen LogP contribution is -2.41. The number of nitrogens with one attached hydrogen (secondary N) is 1. The van der Waals surface area contributed by atoms with Gasteiger partial charge < -0.3 is 5.32 Å². The van der Waals surface area contributed by atoms with Gasteiger partial charge in [-0.3, -0.25) is 4.90 Å². The lowest BCUT2D eigenvalue weighted by Gasteiger charge is -2.32. The molecule has 3 heteroatoms. The minimum absolute atomic E-state index is 0.159. The van der Waals surface area contributed by atoms with E-state index in [0.29, 0.717) is 12.1 Å². The number of fused-ring (bicyclic) bond motifs is 1. The van der Waals surface area contributed by atoms with Gasteiger partial charge >= 0.3 is 0 Å². The van der Waals surface area contributed by atoms with E-state index >= 15 is 0 Å². The molecule has 0 aromatic heterocycles. The lowest BCUT2D eigenvalue weighted by molar-refractivity contribution is 0.193. The molecular weight excluding hydrogens is 215 g/mol. The second-order valence-corrected chi connectivity index (χ2v) is 5.15. The maximum absolute atomic E-state index is 13.1. The fourth-order valence-corrected chi connectivity index (χ4v) is 3.21. The quantitative estimate of drug-likeness (QED) is 0.846. The first-order chi connectivity index (χ1) is 8.33. The molecule has 0 bridgehead atoms. The van der Waals surface area contributed by atoms with Crippen molar-refractivity contribution in [2.75, 3.05) is 18.4 Å². The Hall–Kier alpha value is -1.09. The number of anilines is 1. The highest BCUT2D eigenvalue weighted by Gasteiger charge is 2.35. The lowest BCUT2D eigenvalue weighted by atomic mass is 9.99. The molecule has 2 aliphatic rings. The van der Waals surface area contributed by atoms with Gasteiger partial charge in [0.15, 0.2) is 0 Å². The van der Waals surface area contributed by atoms with Crippen molar-refractivity contribution in [1.29, 1.82) is 0 Å². The fraction of sp³-hybridized carbons (Fsp3) is 0.571. The van der Waals surface area contributed by atoms with Gasteiger partial charge in [0.05, 0.1) is 0 Å². The van der Waals surface area contributed by atoms with Crippen LogP contribution in [0.5, 0.6) is 0 Å². The summed E-state index contributed by atoms with van der Waals surface area (Å²) in [6.07, 6.45) is 5.14. The van der Waals surface area contributed by atoms with Crippen molar-refractivity contribution in [2.45, 2.75) is 37.8 Å². The van der Waals surface area contributed by atoms with Crippen LogP contribution in [0.2, 0.25) is 0 Å². The molecule has 1 aromatic carbocycles. The predicted octanol–water partition coefficient (Wildman–Crippen LogP) is 2.86. The topological polar surface area (TPSA) is 15.3 Å². The summed E-state index contributed by atoms with van der Waals surface area (Å²) in [7, 11) is 0. The molecule has 17 heavy (non-hydrogen) atoms. The number of hydrogen-bond acceptors (Lipinski definition) is 2. The van der Waals surface area contributed by atoms with E-state index in [0.717, 1.165) is 5.69 Å². The number of rotatable bonds is 2. The van der Waals surface area contributed by atoms with Crippen LogP contribution in [0, 0.1) is 5.82 Å². The number of nitrogens with zero attached hydrogens (tertiary/aromatic N) is 1. The van der Waals surface area contributed by atoms with E-state index in [1.807, 2.05) is 6.07 Å². The summed E-state index contributed by atoms with van der Waals surface area (Å²) in [5.41, 5.74) is 0.919. The minimum atomic E-state index is -0.159. The van der Waals surface area contributed by atoms with Gasteiger partial charge in [-0.2, -0.15) is 0 Å². The Balaban J connectivity index is 1.69. The number of halogens is 1. The summed E-state index contributed by atoms with van der Waals surface area (Å²) < 4.78 is 13.1. The van der Waals surface area contributed by atoms with Crippen molar-refractivity contribution in [3.05, 3.63) is 30.1 Å². The van der Waals surface area contributed by atoms with Crippen molar-refractivity contribution in [3.63, 3.8) is 0 Å². The third-order valence-corrected chi connectivity index (χ3v) is 4.03. The van der Waals surface area contributed by atoms with E-state index in [4.69, 9.17) is 0 Å². The van der Waals surface area contributed by atoms with Crippen LogP contribution in [0.15, 0.2) is 24.3 Å². The van der Waals surface area contributed by atoms with E-state index < -0.39 is 0 Å². The summed E-state index contributed by atoms with van der Waals surface area (Å²) in [6, 6.07) is 7.96. The molecule has 3 rings (SSSR count). The van der Waals surface area contributed by atoms with Gasteiger partial charge in [-0.05, 0) is 44.0 Å². The fourth-order valence-electron chi connectivity index (χ4n) is 3.21. The van der Waals surface area contributed by atoms with E-state index in [1.54, 1.807) is 12.1 Å². The number of hydrogen-bond donors (Lipinski definition) is 1. The third kappa shape index (κ3) is 2.29. The highest BCUT2D eigenvalue weighted by atomic mass is 19.1. The molecule has 2 nitrogen and oxygen atoms in total. The summed E-state index contributed by atoms with van der Waals surface area (Å²) in [4.78, 5) is 2.58. The Morgan fingerprint density at radius 3 is 3.00 bits per heavy atom. The second kappa shape index (κ2) is 4.65. The van der Waals surface area contributed by atoms with Crippen molar-refractivity contribution < 1.29 is 4.39 Å². The number of benzene rings is 1. The molecule has 1 N–H and O–H groups in total. The van der Waals surface area contributed by atoms with Crippen LogP contribution in [0.1, 0.15) is 25.7 Å². The molecule has 2 unspecified atom stereocenters. The summed E-state index contributed by atoms with van der Waals surface area (Å²) >= 11 is 0. The van der Waals surface area contributed by atoms with Crippen LogP contribution in [-0.4, -0.2) is 30.1 Å². The molecule has 2 atom stereocenters. The SMILES string of the molecule is Fc1cccc(NC2CCN3CCCCC23)c1. The summed E-state index contributed by atoms with van der Waals surface area (Å²) in [6.45, 7) is 2.43. The van der Waals surface area contributed by atoms with Gasteiger partial charge in [0.1, 0.15) is 5.82 Å². The van der Waals surface area contributed by atoms with E-state index in [9.17, 15) is 4.39 Å². The van der Waals surface area contributed by atoms with E-state index in [1.165, 1.54) is 44.8 Å². The standard InChI is InChI=1S/C14H19FN2/c15-11-4-3-5-12(10-11)16-13-7-9-17-8-2-1-6-14(13)17/h3-5,10,13-14,16H,1-2,6-9H2. The normalized spacial score (nSPS) is 29.0. The predicted molar refractivity (Wildman–Crippen MR) is 67.6 cm³/mol. The van der Waals surface area contributed by atoms with Crippen molar-refractivity contribution in [1.82, 2.24) is 4.90 Å². The van der Waals surface area contributed by atoms with E-state index in [-0.39, 0.29) is 5.82 Å². The molecule has 2 saturated heterocycles. The molecule has 0 saturated carbocycles. The first kappa shape index (κ1) is 11.0. The first-order valence-corrected chi connectivity index (χ1v) is 6.59. The Morgan fingerprint density at radius 1 is 1.18 bits per heavy atom. The van der Waals surface area contributed by atoms with Crippen molar-refractivity contribution in [3.8, 4) is 0 Å². The Labute approximate surface area is 102 Å². The molecule has 2 heterocycles. The maximum Gasteiger partial charge on any atom is 0.125 e. The molecule has 0 spiro atoms. The van der Waals surface area contributed by atoms with Gasteiger partial charge in [-0.25, -0.2) is 4.39 Å². The number of piperidine rings is 1. The first-order valence-electron chi connectivity index (χ1n) is 6.59. The highest BCUT2D eigenvalue weighted by molar-refractivity contribution is 5.44. The molecule has 0 radical (unpaired) electrons. The Kier molecular flexibility index (Phi) is 3.02. The van der Waals surface area contributed by atoms with Crippen molar-refractivity contribution in [2.24, 2.45) is 0 Å². The highest BCUT2D eigenvalue weighted by Crippen LogP contribution is 2.29. The van der Waals surface area contributed by atoms with Crippen LogP contribution >= 0.6 is 0 Å². The van der Waals surface area contributed by atoms with E-state index in [2.05, 4.69) is 10.2 Å². The van der Waals surface area contributed by atoms with Gasteiger partial charge in [0, 0.05) is 24.3 Å². The van der Waals surface area contributed by atoms with Crippen LogP contribution in [0.25, 0.3) is 0 Å². The largest absolute Gasteiger partial charge is 0.381 e. The average Bonchev–Trinajstić information content (AvgIpc) is 2.73. The van der Waals surface area contributed by atoms with Crippen molar-refractivity contribution >= 4 is 5.69 Å². The molecule has 92 valence electrons. The molecular formula is C14H19FN2. The average molecular weight is 234 g/mol. The second-order valence-electron chi connectivity index (χ2n) is 5.15. The zero-order chi connectivity index (χ0) is 11.7. The molecule has 0 aliphatic carbocycles. The Morgan fingerprint density at radius 2 is 2.12 bits per heavy atom. The smallest absolute Gasteiger partial charge is 0.125 e. The van der Waals surface area contributed by atoms with Gasteiger partial charge in [-0.15, -0.1) is 0 Å². The monoisotopic (exact) mass is 234 g/mol. The van der Waals surface area contributed by atoms with Crippen LogP contribution < -0.4 is 5.32 Å². The van der Waals surface area contributed by atoms with Crippen LogP contribution in [0.4, 0.5) is 10.1 Å². The molecule has 1 aromatic rings. The van der Waals surface area contributed by atoms with Gasteiger partial charge in [0.2, 0.25) is 0 Å². The summed E-state index contributed by atoms with van der Waals surface area (Å²) in [5.74, 6) is -0.159.